The Morgan fingerprint density at radius 1 is 1.21 bits per heavy atom. The fourth-order valence-electron chi connectivity index (χ4n) is 2.34. The van der Waals surface area contributed by atoms with Crippen molar-refractivity contribution in [1.29, 1.82) is 0 Å². The fourth-order valence-corrected chi connectivity index (χ4v) is 3.07. The molecule has 0 atom stereocenters. The molecular formula is C18H15F3N4O2S. The van der Waals surface area contributed by atoms with Crippen molar-refractivity contribution >= 4 is 23.4 Å². The van der Waals surface area contributed by atoms with Crippen LogP contribution in [0.2, 0.25) is 0 Å². The zero-order valence-electron chi connectivity index (χ0n) is 14.6. The molecular weight excluding hydrogens is 393 g/mol. The second-order valence-corrected chi connectivity index (χ2v) is 6.54. The molecule has 0 fully saturated rings. The van der Waals surface area contributed by atoms with Crippen molar-refractivity contribution < 1.29 is 22.7 Å². The summed E-state index contributed by atoms with van der Waals surface area (Å²) in [5.74, 6) is 0.213. The highest BCUT2D eigenvalue weighted by molar-refractivity contribution is 7.99. The number of nitrogens with zero attached hydrogens (tertiary/aromatic N) is 3. The number of alkyl halides is 3. The number of methoxy groups -OCH3 is 1. The highest BCUT2D eigenvalue weighted by atomic mass is 32.2. The Hall–Kier alpha value is -3.01. The molecule has 1 aromatic heterocycles. The fraction of sp³-hybridized carbons (Fsp3) is 0.167. The van der Waals surface area contributed by atoms with Crippen LogP contribution in [0.15, 0.2) is 60.0 Å². The molecule has 1 N–H and O–H groups in total. The Morgan fingerprint density at radius 2 is 1.96 bits per heavy atom. The maximum Gasteiger partial charge on any atom is 0.416 e. The van der Waals surface area contributed by atoms with Crippen LogP contribution in [0.5, 0.6) is 5.75 Å². The summed E-state index contributed by atoms with van der Waals surface area (Å²) in [5.41, 5.74) is 0.0424. The second-order valence-electron chi connectivity index (χ2n) is 5.60. The number of anilines is 1. The Kier molecular flexibility index (Phi) is 5.88. The van der Waals surface area contributed by atoms with Gasteiger partial charge in [0.1, 0.15) is 12.1 Å². The number of hydrogen-bond donors (Lipinski definition) is 1. The molecule has 1 amide bonds. The number of aromatic nitrogens is 3. The number of nitrogens with one attached hydrogen (secondary N) is 1. The normalized spacial score (nSPS) is 11.3. The minimum absolute atomic E-state index is 0.0366. The summed E-state index contributed by atoms with van der Waals surface area (Å²) in [6.07, 6.45) is -2.96. The molecule has 3 rings (SSSR count). The summed E-state index contributed by atoms with van der Waals surface area (Å²) in [6.45, 7) is 0. The van der Waals surface area contributed by atoms with Crippen molar-refractivity contribution in [3.63, 3.8) is 0 Å². The van der Waals surface area contributed by atoms with Crippen LogP contribution in [-0.4, -0.2) is 33.5 Å². The van der Waals surface area contributed by atoms with Gasteiger partial charge < -0.3 is 10.1 Å². The first-order valence-corrected chi connectivity index (χ1v) is 9.00. The van der Waals surface area contributed by atoms with Gasteiger partial charge in [-0.05, 0) is 42.5 Å². The van der Waals surface area contributed by atoms with Crippen LogP contribution in [0.4, 0.5) is 18.9 Å². The van der Waals surface area contributed by atoms with Gasteiger partial charge in [0.25, 0.3) is 0 Å². The van der Waals surface area contributed by atoms with Crippen molar-refractivity contribution in [2.75, 3.05) is 18.2 Å². The molecule has 2 aromatic carbocycles. The van der Waals surface area contributed by atoms with E-state index in [2.05, 4.69) is 15.5 Å². The van der Waals surface area contributed by atoms with Crippen molar-refractivity contribution in [2.24, 2.45) is 0 Å². The van der Waals surface area contributed by atoms with E-state index in [1.807, 2.05) is 12.1 Å². The molecule has 10 heteroatoms. The number of ether oxygens (including phenoxy) is 1. The number of benzene rings is 2. The Labute approximate surface area is 162 Å². The van der Waals surface area contributed by atoms with E-state index in [1.54, 1.807) is 23.8 Å². The zero-order chi connectivity index (χ0) is 20.1. The zero-order valence-corrected chi connectivity index (χ0v) is 15.4. The number of carbonyl (C=O) groups is 1. The van der Waals surface area contributed by atoms with Crippen molar-refractivity contribution in [3.05, 3.63) is 60.4 Å². The number of carbonyl (C=O) groups excluding carboxylic acids is 1. The van der Waals surface area contributed by atoms with Crippen molar-refractivity contribution in [1.82, 2.24) is 14.8 Å². The van der Waals surface area contributed by atoms with E-state index in [4.69, 9.17) is 4.74 Å². The number of halogens is 3. The number of amides is 1. The van der Waals surface area contributed by atoms with Gasteiger partial charge in [0.15, 0.2) is 5.16 Å². The third kappa shape index (κ3) is 4.83. The molecule has 0 saturated heterocycles. The maximum atomic E-state index is 12.7. The summed E-state index contributed by atoms with van der Waals surface area (Å²) in [6, 6.07) is 11.7. The highest BCUT2D eigenvalue weighted by Gasteiger charge is 2.30. The first-order valence-electron chi connectivity index (χ1n) is 8.01. The minimum atomic E-state index is -4.47. The van der Waals surface area contributed by atoms with Crippen LogP contribution in [0.1, 0.15) is 5.56 Å². The minimum Gasteiger partial charge on any atom is -0.497 e. The Morgan fingerprint density at radius 3 is 2.64 bits per heavy atom. The molecule has 0 bridgehead atoms. The predicted octanol–water partition coefficient (Wildman–Crippen LogP) is 4.03. The molecule has 3 aromatic rings. The van der Waals surface area contributed by atoms with Crippen LogP contribution >= 0.6 is 11.8 Å². The van der Waals surface area contributed by atoms with E-state index in [-0.39, 0.29) is 11.4 Å². The molecule has 0 radical (unpaired) electrons. The summed E-state index contributed by atoms with van der Waals surface area (Å²) in [4.78, 5) is 12.1. The third-order valence-corrected chi connectivity index (χ3v) is 4.62. The molecule has 6 nitrogen and oxygen atoms in total. The Bertz CT molecular complexity index is 958. The van der Waals surface area contributed by atoms with E-state index in [9.17, 15) is 18.0 Å². The summed E-state index contributed by atoms with van der Waals surface area (Å²) < 4.78 is 45.1. The molecule has 0 spiro atoms. The molecule has 1 heterocycles. The largest absolute Gasteiger partial charge is 0.497 e. The van der Waals surface area contributed by atoms with Gasteiger partial charge in [0.05, 0.1) is 18.4 Å². The smallest absolute Gasteiger partial charge is 0.416 e. The van der Waals surface area contributed by atoms with Crippen LogP contribution < -0.4 is 10.1 Å². The van der Waals surface area contributed by atoms with E-state index in [1.165, 1.54) is 18.5 Å². The van der Waals surface area contributed by atoms with Crippen LogP contribution in [0, 0.1) is 0 Å². The van der Waals surface area contributed by atoms with E-state index >= 15 is 0 Å². The number of thioether (sulfide) groups is 1. The van der Waals surface area contributed by atoms with Gasteiger partial charge in [-0.25, -0.2) is 0 Å². The molecule has 0 aliphatic rings. The second kappa shape index (κ2) is 8.34. The van der Waals surface area contributed by atoms with Crippen molar-refractivity contribution in [2.45, 2.75) is 11.3 Å². The van der Waals surface area contributed by atoms with Gasteiger partial charge >= 0.3 is 6.18 Å². The van der Waals surface area contributed by atoms with Crippen LogP contribution in [0.3, 0.4) is 0 Å². The van der Waals surface area contributed by atoms with Gasteiger partial charge in [0, 0.05) is 11.4 Å². The number of rotatable bonds is 6. The molecule has 146 valence electrons. The highest BCUT2D eigenvalue weighted by Crippen LogP contribution is 2.30. The average molecular weight is 408 g/mol. The summed E-state index contributed by atoms with van der Waals surface area (Å²) >= 11 is 1.12. The summed E-state index contributed by atoms with van der Waals surface area (Å²) in [7, 11) is 1.57. The first-order chi connectivity index (χ1) is 13.4. The van der Waals surface area contributed by atoms with Crippen LogP contribution in [-0.2, 0) is 11.0 Å². The third-order valence-electron chi connectivity index (χ3n) is 3.67. The molecule has 0 aliphatic carbocycles. The first kappa shape index (κ1) is 19.7. The average Bonchev–Trinajstić information content (AvgIpc) is 3.14. The lowest BCUT2D eigenvalue weighted by Gasteiger charge is -2.10. The maximum absolute atomic E-state index is 12.7. The topological polar surface area (TPSA) is 69.0 Å². The lowest BCUT2D eigenvalue weighted by Crippen LogP contribution is -2.15. The predicted molar refractivity (Wildman–Crippen MR) is 98.7 cm³/mol. The lowest BCUT2D eigenvalue weighted by molar-refractivity contribution is -0.137. The molecule has 0 aliphatic heterocycles. The SMILES string of the molecule is COc1ccc(-n2cnnc2SCC(=O)Nc2cccc(C(F)(F)F)c2)cc1. The molecule has 28 heavy (non-hydrogen) atoms. The van der Waals surface area contributed by atoms with E-state index in [0.717, 1.165) is 29.6 Å². The monoisotopic (exact) mass is 408 g/mol. The molecule has 0 saturated carbocycles. The quantitative estimate of drug-likeness (QED) is 0.624. The van der Waals surface area contributed by atoms with Gasteiger partial charge in [-0.2, -0.15) is 13.2 Å². The lowest BCUT2D eigenvalue weighted by atomic mass is 10.2. The van der Waals surface area contributed by atoms with Crippen LogP contribution in [0.25, 0.3) is 5.69 Å². The van der Waals surface area contributed by atoms with E-state index < -0.39 is 17.6 Å². The summed E-state index contributed by atoms with van der Waals surface area (Å²) in [5, 5.41) is 10.8. The van der Waals surface area contributed by atoms with Gasteiger partial charge in [-0.15, -0.1) is 10.2 Å². The standard InChI is InChI=1S/C18H15F3N4O2S/c1-27-15-7-5-14(6-8-15)25-11-22-24-17(25)28-10-16(26)23-13-4-2-3-12(9-13)18(19,20)21/h2-9,11H,10H2,1H3,(H,23,26). The molecule has 0 unspecified atom stereocenters. The van der Waals surface area contributed by atoms with Gasteiger partial charge in [0.2, 0.25) is 5.91 Å². The van der Waals surface area contributed by atoms with Crippen molar-refractivity contribution in [3.8, 4) is 11.4 Å². The van der Waals surface area contributed by atoms with Gasteiger partial charge in [-0.3, -0.25) is 9.36 Å². The Balaban J connectivity index is 1.63. The number of hydrogen-bond acceptors (Lipinski definition) is 5. The van der Waals surface area contributed by atoms with E-state index in [0.29, 0.717) is 10.9 Å². The van der Waals surface area contributed by atoms with Gasteiger partial charge in [-0.1, -0.05) is 17.8 Å².